The number of aryl methyl sites for hydroxylation is 2. The summed E-state index contributed by atoms with van der Waals surface area (Å²) in [5.74, 6) is 0.882. The predicted molar refractivity (Wildman–Crippen MR) is 160 cm³/mol. The Morgan fingerprint density at radius 2 is 1.95 bits per heavy atom. The summed E-state index contributed by atoms with van der Waals surface area (Å²) in [5.41, 5.74) is 8.80. The number of ether oxygens (including phenoxy) is 1. The predicted octanol–water partition coefficient (Wildman–Crippen LogP) is 3.82. The number of anilines is 2. The van der Waals surface area contributed by atoms with E-state index in [9.17, 15) is 9.65 Å². The van der Waals surface area contributed by atoms with Crippen LogP contribution in [0.2, 0.25) is 0 Å². The molecule has 12 heteroatoms. The van der Waals surface area contributed by atoms with E-state index in [-0.39, 0.29) is 11.4 Å². The van der Waals surface area contributed by atoms with Crippen molar-refractivity contribution in [2.24, 2.45) is 0 Å². The molecule has 0 saturated carbocycles. The van der Waals surface area contributed by atoms with Gasteiger partial charge in [-0.05, 0) is 69.7 Å². The molecule has 10 nitrogen and oxygen atoms in total. The van der Waals surface area contributed by atoms with Crippen LogP contribution < -0.4 is 20.7 Å². The number of thiophene rings is 1. The molecule has 0 aliphatic carbocycles. The smallest absolute Gasteiger partial charge is 0.247 e. The van der Waals surface area contributed by atoms with Gasteiger partial charge in [-0.3, -0.25) is 4.90 Å². The van der Waals surface area contributed by atoms with Crippen LogP contribution in [0, 0.1) is 17.1 Å². The molecular weight excluding hydrogens is 553 g/mol. The number of nitrogen functional groups attached to an aromatic ring is 1. The number of halogens is 1. The minimum absolute atomic E-state index is 0.100. The number of piperazine rings is 1. The molecule has 0 spiro atoms. The van der Waals surface area contributed by atoms with Crippen LogP contribution in [0.5, 0.6) is 5.88 Å². The number of hydrogen-bond donors (Lipinski definition) is 2. The third kappa shape index (κ3) is 4.20. The number of aromatic nitrogens is 4. The zero-order valence-electron chi connectivity index (χ0n) is 23.5. The molecule has 2 bridgehead atoms. The van der Waals surface area contributed by atoms with Gasteiger partial charge in [0.2, 0.25) is 11.8 Å². The standard InChI is InChI=1S/C30H34FN9OS/c31-22-6-3-18(23-21(13-32)26(33)42-25(22)23)7-12-38-17-34-24-27(38)36-29(39-14-19-4-5-20(15-39)35-19)37-28(24)41-16-30-8-1-10-40(30)11-2-9-30/h3,6,17,19-20,35H,1-2,4-5,7-12,14-16,33H2. The number of rotatable bonds is 7. The summed E-state index contributed by atoms with van der Waals surface area (Å²) in [6.45, 7) is 5.20. The Morgan fingerprint density at radius 1 is 1.17 bits per heavy atom. The molecule has 42 heavy (non-hydrogen) atoms. The highest BCUT2D eigenvalue weighted by Gasteiger charge is 2.45. The Morgan fingerprint density at radius 3 is 2.71 bits per heavy atom. The van der Waals surface area contributed by atoms with E-state index >= 15 is 0 Å². The van der Waals surface area contributed by atoms with E-state index in [1.165, 1.54) is 31.7 Å². The lowest BCUT2D eigenvalue weighted by Crippen LogP contribution is -2.51. The lowest BCUT2D eigenvalue weighted by molar-refractivity contribution is 0.111. The first-order chi connectivity index (χ1) is 20.5. The first kappa shape index (κ1) is 26.1. The molecule has 2 unspecified atom stereocenters. The van der Waals surface area contributed by atoms with Gasteiger partial charge in [-0.2, -0.15) is 15.2 Å². The van der Waals surface area contributed by atoms with Crippen molar-refractivity contribution < 1.29 is 9.13 Å². The first-order valence-electron chi connectivity index (χ1n) is 15.0. The maximum absolute atomic E-state index is 14.6. The largest absolute Gasteiger partial charge is 0.474 e. The van der Waals surface area contributed by atoms with Crippen molar-refractivity contribution in [3.8, 4) is 11.9 Å². The van der Waals surface area contributed by atoms with Gasteiger partial charge in [0.25, 0.3) is 0 Å². The van der Waals surface area contributed by atoms with Crippen molar-refractivity contribution in [3.63, 3.8) is 0 Å². The number of benzene rings is 1. The molecular formula is C30H34FN9OS. The van der Waals surface area contributed by atoms with Crippen LogP contribution in [-0.4, -0.2) is 74.8 Å². The average molecular weight is 588 g/mol. The van der Waals surface area contributed by atoms with E-state index in [0.717, 1.165) is 61.6 Å². The van der Waals surface area contributed by atoms with Crippen molar-refractivity contribution in [2.75, 3.05) is 43.4 Å². The molecule has 4 saturated heterocycles. The number of nitrogens with zero attached hydrogens (tertiary/aromatic N) is 7. The summed E-state index contributed by atoms with van der Waals surface area (Å²) in [6.07, 6.45) is 9.46. The molecule has 0 radical (unpaired) electrons. The van der Waals surface area contributed by atoms with Crippen molar-refractivity contribution >= 4 is 43.5 Å². The van der Waals surface area contributed by atoms with Crippen LogP contribution in [0.4, 0.5) is 15.3 Å². The quantitative estimate of drug-likeness (QED) is 0.332. The Bertz CT molecular complexity index is 1710. The molecule has 1 aromatic carbocycles. The molecule has 218 valence electrons. The minimum Gasteiger partial charge on any atom is -0.474 e. The molecule has 4 aliphatic heterocycles. The molecule has 3 N–H and O–H groups in total. The molecule has 3 aromatic heterocycles. The van der Waals surface area contributed by atoms with Gasteiger partial charge in [-0.1, -0.05) is 6.07 Å². The Balaban J connectivity index is 1.14. The second-order valence-electron chi connectivity index (χ2n) is 12.3. The van der Waals surface area contributed by atoms with Crippen LogP contribution in [-0.2, 0) is 13.0 Å². The van der Waals surface area contributed by atoms with E-state index < -0.39 is 0 Å². The van der Waals surface area contributed by atoms with Gasteiger partial charge in [-0.25, -0.2) is 9.37 Å². The van der Waals surface area contributed by atoms with Crippen molar-refractivity contribution in [1.82, 2.24) is 29.7 Å². The van der Waals surface area contributed by atoms with Gasteiger partial charge >= 0.3 is 0 Å². The molecule has 7 heterocycles. The number of hydrogen-bond acceptors (Lipinski definition) is 10. The second-order valence-corrected chi connectivity index (χ2v) is 13.4. The first-order valence-corrected chi connectivity index (χ1v) is 15.8. The molecule has 4 fully saturated rings. The van der Waals surface area contributed by atoms with E-state index in [1.54, 1.807) is 12.4 Å². The SMILES string of the molecule is N#Cc1c(N)sc2c(F)ccc(CCn3cnc4c(OCC56CCCN5CCC6)nc(N5CC6CCC(C5)N6)nc43)c12. The summed E-state index contributed by atoms with van der Waals surface area (Å²) in [7, 11) is 0. The highest BCUT2D eigenvalue weighted by molar-refractivity contribution is 7.23. The summed E-state index contributed by atoms with van der Waals surface area (Å²) < 4.78 is 23.6. The number of nitrogens with one attached hydrogen (secondary N) is 1. The lowest BCUT2D eigenvalue weighted by atomic mass is 9.95. The zero-order valence-corrected chi connectivity index (χ0v) is 24.3. The van der Waals surface area contributed by atoms with Gasteiger partial charge in [0.15, 0.2) is 11.2 Å². The second kappa shape index (κ2) is 10.0. The zero-order chi connectivity index (χ0) is 28.4. The van der Waals surface area contributed by atoms with Crippen molar-refractivity contribution in [2.45, 2.75) is 69.1 Å². The number of imidazole rings is 1. The Hall–Kier alpha value is -3.53. The molecule has 4 aromatic rings. The number of nitrogens with two attached hydrogens (primary N) is 1. The van der Waals surface area contributed by atoms with Crippen LogP contribution in [0.15, 0.2) is 18.5 Å². The average Bonchev–Trinajstić information content (AvgIpc) is 3.80. The van der Waals surface area contributed by atoms with Crippen LogP contribution in [0.1, 0.15) is 49.7 Å². The van der Waals surface area contributed by atoms with Crippen molar-refractivity contribution in [1.29, 1.82) is 5.26 Å². The van der Waals surface area contributed by atoms with Crippen LogP contribution >= 0.6 is 11.3 Å². The topological polar surface area (TPSA) is 121 Å². The number of fused-ring (bicyclic) bond motifs is 5. The van der Waals surface area contributed by atoms with E-state index in [4.69, 9.17) is 25.4 Å². The third-order valence-electron chi connectivity index (χ3n) is 9.85. The highest BCUT2D eigenvalue weighted by atomic mass is 32.1. The Labute approximate surface area is 247 Å². The van der Waals surface area contributed by atoms with Gasteiger partial charge < -0.3 is 25.3 Å². The number of nitriles is 1. The fourth-order valence-electron chi connectivity index (χ4n) is 7.75. The fourth-order valence-corrected chi connectivity index (χ4v) is 8.72. The van der Waals surface area contributed by atoms with Crippen LogP contribution in [0.25, 0.3) is 21.3 Å². The Kier molecular flexibility index (Phi) is 6.24. The highest BCUT2D eigenvalue weighted by Crippen LogP contribution is 2.40. The van der Waals surface area contributed by atoms with Crippen LogP contribution in [0.3, 0.4) is 0 Å². The van der Waals surface area contributed by atoms with E-state index in [0.29, 0.717) is 69.7 Å². The van der Waals surface area contributed by atoms with Gasteiger partial charge in [0, 0.05) is 37.1 Å². The van der Waals surface area contributed by atoms with Gasteiger partial charge in [0.05, 0.1) is 22.1 Å². The van der Waals surface area contributed by atoms with Crippen molar-refractivity contribution in [3.05, 3.63) is 35.4 Å². The summed E-state index contributed by atoms with van der Waals surface area (Å²) in [5, 5.41) is 14.4. The monoisotopic (exact) mass is 587 g/mol. The molecule has 2 atom stereocenters. The summed E-state index contributed by atoms with van der Waals surface area (Å²) in [6, 6.07) is 6.29. The fraction of sp³-hybridized carbons (Fsp3) is 0.533. The maximum Gasteiger partial charge on any atom is 0.247 e. The van der Waals surface area contributed by atoms with E-state index in [2.05, 4.69) is 21.2 Å². The van der Waals surface area contributed by atoms with Gasteiger partial charge in [0.1, 0.15) is 23.5 Å². The summed E-state index contributed by atoms with van der Waals surface area (Å²) in [4.78, 5) is 19.7. The maximum atomic E-state index is 14.6. The molecule has 4 aliphatic rings. The molecule has 8 rings (SSSR count). The van der Waals surface area contributed by atoms with E-state index in [1.807, 2.05) is 4.57 Å². The third-order valence-corrected chi connectivity index (χ3v) is 10.9. The lowest BCUT2D eigenvalue weighted by Gasteiger charge is -2.33. The minimum atomic E-state index is -0.355. The molecule has 0 amide bonds. The normalized spacial score (nSPS) is 23.2. The summed E-state index contributed by atoms with van der Waals surface area (Å²) >= 11 is 1.13. The van der Waals surface area contributed by atoms with Gasteiger partial charge in [-0.15, -0.1) is 11.3 Å².